The van der Waals surface area contributed by atoms with Crippen LogP contribution in [0.15, 0.2) is 30.5 Å². The first kappa shape index (κ1) is 18.4. The summed E-state index contributed by atoms with van der Waals surface area (Å²) in [6, 6.07) is 5.83. The maximum Gasteiger partial charge on any atom is 0.340 e. The molecule has 0 radical (unpaired) electrons. The Hall–Kier alpha value is -2.89. The molecule has 2 aromatic rings. The minimum atomic E-state index is -0.525. The van der Waals surface area contributed by atoms with E-state index in [0.29, 0.717) is 27.9 Å². The van der Waals surface area contributed by atoms with Crippen molar-refractivity contribution in [2.24, 2.45) is 0 Å². The van der Waals surface area contributed by atoms with Crippen LogP contribution in [0, 0.1) is 5.82 Å². The molecule has 1 aromatic carbocycles. The molecule has 0 saturated heterocycles. The number of carbonyl (C=O) groups excluding carboxylic acids is 1. The number of nitrogen functional groups attached to an aromatic ring is 1. The van der Waals surface area contributed by atoms with Gasteiger partial charge in [0.2, 0.25) is 0 Å². The second-order valence-corrected chi connectivity index (χ2v) is 5.74. The van der Waals surface area contributed by atoms with Crippen molar-refractivity contribution in [3.8, 4) is 11.1 Å². The Morgan fingerprint density at radius 3 is 2.40 bits per heavy atom. The molecule has 5 nitrogen and oxygen atoms in total. The quantitative estimate of drug-likeness (QED) is 0.655. The van der Waals surface area contributed by atoms with Crippen molar-refractivity contribution < 1.29 is 18.7 Å². The minimum Gasteiger partial charge on any atom is -0.504 e. The molecule has 0 aliphatic heterocycles. The number of ether oxygens (including phenoxy) is 2. The minimum absolute atomic E-state index is 0.0592. The molecule has 0 atom stereocenters. The lowest BCUT2D eigenvalue weighted by Gasteiger charge is -2.19. The highest BCUT2D eigenvalue weighted by atomic mass is 19.1. The normalized spacial score (nSPS) is 11.1. The first-order valence-electron chi connectivity index (χ1n) is 7.77. The summed E-state index contributed by atoms with van der Waals surface area (Å²) in [5, 5.41) is 0. The monoisotopic (exact) mass is 344 g/mol. The fourth-order valence-corrected chi connectivity index (χ4v) is 2.58. The molecule has 132 valence electrons. The van der Waals surface area contributed by atoms with Gasteiger partial charge in [-0.15, -0.1) is 0 Å². The van der Waals surface area contributed by atoms with Crippen LogP contribution in [-0.2, 0) is 9.47 Å². The van der Waals surface area contributed by atoms with Gasteiger partial charge in [-0.3, -0.25) is 0 Å². The van der Waals surface area contributed by atoms with Crippen LogP contribution in [0.3, 0.4) is 0 Å². The van der Waals surface area contributed by atoms with Crippen LogP contribution < -0.4 is 5.73 Å². The Balaban J connectivity index is 2.92. The third-order valence-corrected chi connectivity index (χ3v) is 3.73. The molecule has 0 amide bonds. The lowest BCUT2D eigenvalue weighted by atomic mass is 9.90. The Morgan fingerprint density at radius 1 is 1.24 bits per heavy atom. The standard InChI is InChI=1S/C19H21FN2O3/c1-11(2)17-16(19(23)25-4)15(12-5-7-13(20)8-6-12)14(9-10-24-3)18(21)22-17/h5-11H,1-4H3,(H2,21,22)/b10-9+. The number of hydrogen-bond donors (Lipinski definition) is 1. The van der Waals surface area contributed by atoms with Gasteiger partial charge in [0, 0.05) is 11.1 Å². The Kier molecular flexibility index (Phi) is 5.75. The summed E-state index contributed by atoms with van der Waals surface area (Å²) in [4.78, 5) is 16.9. The van der Waals surface area contributed by atoms with Crippen molar-refractivity contribution in [1.29, 1.82) is 0 Å². The van der Waals surface area contributed by atoms with Crippen molar-refractivity contribution in [3.63, 3.8) is 0 Å². The average molecular weight is 344 g/mol. The van der Waals surface area contributed by atoms with E-state index >= 15 is 0 Å². The molecule has 6 heteroatoms. The summed E-state index contributed by atoms with van der Waals surface area (Å²) in [6.45, 7) is 3.82. The molecule has 0 saturated carbocycles. The zero-order valence-corrected chi connectivity index (χ0v) is 14.7. The number of hydrogen-bond acceptors (Lipinski definition) is 5. The van der Waals surface area contributed by atoms with Gasteiger partial charge in [-0.05, 0) is 29.7 Å². The smallest absolute Gasteiger partial charge is 0.340 e. The lowest BCUT2D eigenvalue weighted by Crippen LogP contribution is -2.14. The van der Waals surface area contributed by atoms with Crippen molar-refractivity contribution in [2.75, 3.05) is 20.0 Å². The number of rotatable bonds is 5. The molecule has 2 rings (SSSR count). The largest absolute Gasteiger partial charge is 0.504 e. The molecular weight excluding hydrogens is 323 g/mol. The van der Waals surface area contributed by atoms with Crippen molar-refractivity contribution >= 4 is 17.9 Å². The number of anilines is 1. The molecule has 0 fully saturated rings. The van der Waals surface area contributed by atoms with E-state index in [9.17, 15) is 9.18 Å². The van der Waals surface area contributed by atoms with E-state index in [1.54, 1.807) is 18.2 Å². The van der Waals surface area contributed by atoms with Crippen molar-refractivity contribution in [3.05, 3.63) is 53.2 Å². The molecule has 0 unspecified atom stereocenters. The number of nitrogens with zero attached hydrogens (tertiary/aromatic N) is 1. The number of halogens is 1. The van der Waals surface area contributed by atoms with Gasteiger partial charge in [0.05, 0.1) is 31.7 Å². The molecule has 1 heterocycles. The maximum absolute atomic E-state index is 13.4. The highest BCUT2D eigenvalue weighted by Gasteiger charge is 2.25. The second-order valence-electron chi connectivity index (χ2n) is 5.74. The zero-order chi connectivity index (χ0) is 18.6. The topological polar surface area (TPSA) is 74.4 Å². The molecule has 1 aromatic heterocycles. The predicted octanol–water partition coefficient (Wildman–Crippen LogP) is 4.00. The van der Waals surface area contributed by atoms with E-state index in [1.165, 1.54) is 32.6 Å². The van der Waals surface area contributed by atoms with Crippen LogP contribution in [0.4, 0.5) is 10.2 Å². The van der Waals surface area contributed by atoms with Gasteiger partial charge in [-0.25, -0.2) is 14.2 Å². The SMILES string of the molecule is CO/C=C/c1c(N)nc(C(C)C)c(C(=O)OC)c1-c1ccc(F)cc1. The third kappa shape index (κ3) is 3.79. The number of pyridine rings is 1. The van der Waals surface area contributed by atoms with Gasteiger partial charge in [-0.1, -0.05) is 26.0 Å². The first-order valence-corrected chi connectivity index (χ1v) is 7.77. The van der Waals surface area contributed by atoms with Crippen LogP contribution in [0.1, 0.15) is 41.4 Å². The van der Waals surface area contributed by atoms with Crippen LogP contribution in [0.5, 0.6) is 0 Å². The number of esters is 1. The second kappa shape index (κ2) is 7.79. The van der Waals surface area contributed by atoms with E-state index in [1.807, 2.05) is 13.8 Å². The van der Waals surface area contributed by atoms with Gasteiger partial charge < -0.3 is 15.2 Å². The van der Waals surface area contributed by atoms with Gasteiger partial charge in [-0.2, -0.15) is 0 Å². The third-order valence-electron chi connectivity index (χ3n) is 3.73. The fourth-order valence-electron chi connectivity index (χ4n) is 2.58. The predicted molar refractivity (Wildman–Crippen MR) is 95.5 cm³/mol. The number of carbonyl (C=O) groups is 1. The molecule has 2 N–H and O–H groups in total. The van der Waals surface area contributed by atoms with Gasteiger partial charge in [0.25, 0.3) is 0 Å². The summed E-state index contributed by atoms with van der Waals surface area (Å²) in [6.07, 6.45) is 3.06. The highest BCUT2D eigenvalue weighted by Crippen LogP contribution is 2.36. The van der Waals surface area contributed by atoms with E-state index < -0.39 is 5.97 Å². The Labute approximate surface area is 146 Å². The zero-order valence-electron chi connectivity index (χ0n) is 14.7. The van der Waals surface area contributed by atoms with E-state index in [4.69, 9.17) is 15.2 Å². The Morgan fingerprint density at radius 2 is 1.88 bits per heavy atom. The molecule has 0 spiro atoms. The number of methoxy groups -OCH3 is 2. The molecule has 0 aliphatic rings. The van der Waals surface area contributed by atoms with E-state index in [0.717, 1.165) is 0 Å². The van der Waals surface area contributed by atoms with E-state index in [2.05, 4.69) is 4.98 Å². The summed E-state index contributed by atoms with van der Waals surface area (Å²) < 4.78 is 23.3. The summed E-state index contributed by atoms with van der Waals surface area (Å²) >= 11 is 0. The van der Waals surface area contributed by atoms with Crippen LogP contribution in [0.2, 0.25) is 0 Å². The molecule has 0 aliphatic carbocycles. The molecule has 0 bridgehead atoms. The van der Waals surface area contributed by atoms with E-state index in [-0.39, 0.29) is 17.6 Å². The van der Waals surface area contributed by atoms with Crippen molar-refractivity contribution in [2.45, 2.75) is 19.8 Å². The van der Waals surface area contributed by atoms with Gasteiger partial charge in [0.15, 0.2) is 0 Å². The van der Waals surface area contributed by atoms with Crippen LogP contribution >= 0.6 is 0 Å². The first-order chi connectivity index (χ1) is 11.9. The lowest BCUT2D eigenvalue weighted by molar-refractivity contribution is 0.0599. The number of nitrogens with two attached hydrogens (primary N) is 1. The van der Waals surface area contributed by atoms with Crippen molar-refractivity contribution in [1.82, 2.24) is 4.98 Å². The number of aromatic nitrogens is 1. The molecular formula is C19H21FN2O3. The average Bonchev–Trinajstić information content (AvgIpc) is 2.59. The van der Waals surface area contributed by atoms with Gasteiger partial charge >= 0.3 is 5.97 Å². The van der Waals surface area contributed by atoms with Crippen LogP contribution in [0.25, 0.3) is 17.2 Å². The highest BCUT2D eigenvalue weighted by molar-refractivity contribution is 6.02. The van der Waals surface area contributed by atoms with Crippen LogP contribution in [-0.4, -0.2) is 25.2 Å². The Bertz CT molecular complexity index is 799. The summed E-state index contributed by atoms with van der Waals surface area (Å²) in [5.74, 6) is -0.703. The summed E-state index contributed by atoms with van der Waals surface area (Å²) in [5.41, 5.74) is 8.66. The fraction of sp³-hybridized carbons (Fsp3) is 0.263. The van der Waals surface area contributed by atoms with Gasteiger partial charge in [0.1, 0.15) is 11.6 Å². The molecule has 25 heavy (non-hydrogen) atoms. The maximum atomic E-state index is 13.4. The summed E-state index contributed by atoms with van der Waals surface area (Å²) in [7, 11) is 2.81. The number of benzene rings is 1.